The molecule has 5 rings (SSSR count). The lowest BCUT2D eigenvalue weighted by atomic mass is 9.84. The maximum Gasteiger partial charge on any atom is 0.417 e. The smallest absolute Gasteiger partial charge is 0.377 e. The van der Waals surface area contributed by atoms with Gasteiger partial charge in [0.15, 0.2) is 0 Å². The van der Waals surface area contributed by atoms with Gasteiger partial charge in [-0.15, -0.1) is 0 Å². The summed E-state index contributed by atoms with van der Waals surface area (Å²) in [6.45, 7) is 12.9. The Bertz CT molecular complexity index is 2850. The first-order valence-electron chi connectivity index (χ1n) is 33.6. The standard InChI is InChI=1S/C67H105ClF3N11O12/c1-15-42(7)58-64(92)78(11)38-56(85)76(9)39-57(86)80(13)53(34-44-22-18-17-19-23-44)63(91)77(10)37-54(83)73-49(27-25-45-24-26-47(48(68)33-45)67(69,70)71)62(90)82-36-46(94-16-2)35-52(82)61(89)75-66(28-20-21-29-66)65(93)81(14)51(31-41(5)6)59(87)72-43(8)32-55(84)79(12)50(30-40(3)4)60(88)74-58/h24,26,33,40-44,46,49-53,58H,15-23,25,27-32,34-39H2,1-14H3,(H,72,87)(H,73,83)(H,74,88)(H,75,89)/t42-,43+,46+,49-,50-,51-,52-,53-,58-/m0/s1. The number of alkyl halides is 3. The number of nitrogens with zero attached hydrogens (tertiary/aromatic N) is 7. The SMILES string of the molecule is CCO[C@@H]1C[C@H]2C(=O)NC3(CCCC3)C(=O)N(C)[C@@H](CC(C)C)C(=O)N[C@H](C)CC(=O)N(C)[C@@H](CC(C)C)C(=O)N[C@@H]([C@@H](C)CC)C(=O)N(C)CC(=O)N(C)CC(=O)N(C)[C@@H](CC3CCCCC3)C(=O)N(C)CC(=O)N[C@@H](CCc3ccc(C(F)(F)F)c(Cl)c3)C(=O)N2C1. The maximum absolute atomic E-state index is 15.3. The van der Waals surface area contributed by atoms with Crippen LogP contribution in [0.3, 0.4) is 0 Å². The van der Waals surface area contributed by atoms with Crippen molar-refractivity contribution in [2.24, 2.45) is 23.7 Å². The third kappa shape index (κ3) is 21.0. The zero-order valence-corrected chi connectivity index (χ0v) is 58.5. The van der Waals surface area contributed by atoms with Crippen molar-refractivity contribution in [1.29, 1.82) is 0 Å². The molecule has 0 bridgehead atoms. The van der Waals surface area contributed by atoms with E-state index in [2.05, 4.69) is 21.3 Å². The van der Waals surface area contributed by atoms with Crippen LogP contribution in [0.25, 0.3) is 0 Å². The predicted octanol–water partition coefficient (Wildman–Crippen LogP) is 5.57. The molecule has 1 spiro atoms. The molecule has 0 unspecified atom stereocenters. The second-order valence-electron chi connectivity index (χ2n) is 27.7. The number of nitrogens with one attached hydrogen (secondary N) is 4. The van der Waals surface area contributed by atoms with Gasteiger partial charge in [-0.3, -0.25) is 52.7 Å². The van der Waals surface area contributed by atoms with E-state index in [0.29, 0.717) is 19.3 Å². The number of carbonyl (C=O) groups is 11. The first-order valence-corrected chi connectivity index (χ1v) is 33.9. The molecule has 1 aromatic carbocycles. The topological polar surface area (TPSA) is 268 Å². The lowest BCUT2D eigenvalue weighted by Crippen LogP contribution is -2.64. The molecule has 9 atom stereocenters. The highest BCUT2D eigenvalue weighted by Gasteiger charge is 2.50. The molecule has 0 radical (unpaired) electrons. The van der Waals surface area contributed by atoms with Crippen LogP contribution >= 0.6 is 11.6 Å². The number of aryl methyl sites for hydroxylation is 1. The molecule has 2 saturated heterocycles. The molecule has 2 heterocycles. The Balaban J connectivity index is 1.59. The average molecular weight is 1350 g/mol. The van der Waals surface area contributed by atoms with Crippen LogP contribution in [0.1, 0.15) is 169 Å². The number of fused-ring (bicyclic) bond motifs is 1. The predicted molar refractivity (Wildman–Crippen MR) is 348 cm³/mol. The molecule has 2 aliphatic heterocycles. The maximum atomic E-state index is 15.3. The largest absolute Gasteiger partial charge is 0.417 e. The molecular weight excluding hydrogens is 1240 g/mol. The average Bonchev–Trinajstić information content (AvgIpc) is 1.57. The molecule has 528 valence electrons. The highest BCUT2D eigenvalue weighted by Crippen LogP contribution is 2.37. The van der Waals surface area contributed by atoms with E-state index in [-0.39, 0.29) is 94.3 Å². The van der Waals surface area contributed by atoms with Crippen LogP contribution in [0.5, 0.6) is 0 Å². The van der Waals surface area contributed by atoms with E-state index < -0.39 is 161 Å². The molecule has 0 aromatic heterocycles. The molecule has 27 heteroatoms. The minimum Gasteiger partial charge on any atom is -0.377 e. The third-order valence-corrected chi connectivity index (χ3v) is 19.5. The second kappa shape index (κ2) is 34.9. The Labute approximate surface area is 558 Å². The van der Waals surface area contributed by atoms with Gasteiger partial charge in [-0.1, -0.05) is 111 Å². The molecule has 2 saturated carbocycles. The Morgan fingerprint density at radius 3 is 1.81 bits per heavy atom. The van der Waals surface area contributed by atoms with Crippen molar-refractivity contribution in [2.45, 2.75) is 225 Å². The summed E-state index contributed by atoms with van der Waals surface area (Å²) < 4.78 is 47.6. The number of amides is 11. The quantitative estimate of drug-likeness (QED) is 0.189. The van der Waals surface area contributed by atoms with Gasteiger partial charge in [0.25, 0.3) is 0 Å². The van der Waals surface area contributed by atoms with Gasteiger partial charge in [0, 0.05) is 74.3 Å². The Morgan fingerprint density at radius 2 is 1.23 bits per heavy atom. The van der Waals surface area contributed by atoms with Crippen LogP contribution in [0.4, 0.5) is 13.2 Å². The zero-order valence-electron chi connectivity index (χ0n) is 57.8. The fourth-order valence-electron chi connectivity index (χ4n) is 13.4. The number of hydrogen-bond donors (Lipinski definition) is 4. The van der Waals surface area contributed by atoms with E-state index in [0.717, 1.165) is 58.9 Å². The minimum atomic E-state index is -4.76. The minimum absolute atomic E-state index is 0.0203. The second-order valence-corrected chi connectivity index (χ2v) is 28.1. The summed E-state index contributed by atoms with van der Waals surface area (Å²) in [4.78, 5) is 169. The van der Waals surface area contributed by atoms with Gasteiger partial charge in [-0.2, -0.15) is 13.2 Å². The summed E-state index contributed by atoms with van der Waals surface area (Å²) in [6, 6.07) is -4.86. The van der Waals surface area contributed by atoms with Crippen LogP contribution in [0, 0.1) is 23.7 Å². The Hall–Kier alpha value is -6.57. The molecule has 1 aromatic rings. The third-order valence-electron chi connectivity index (χ3n) is 19.2. The van der Waals surface area contributed by atoms with Crippen molar-refractivity contribution in [3.63, 3.8) is 0 Å². The van der Waals surface area contributed by atoms with Crippen LogP contribution in [0.2, 0.25) is 5.02 Å². The van der Waals surface area contributed by atoms with E-state index in [1.165, 1.54) is 68.0 Å². The number of ether oxygens (including phenoxy) is 1. The van der Waals surface area contributed by atoms with Gasteiger partial charge >= 0.3 is 6.18 Å². The lowest BCUT2D eigenvalue weighted by molar-refractivity contribution is -0.149. The van der Waals surface area contributed by atoms with Crippen LogP contribution < -0.4 is 21.3 Å². The molecule has 94 heavy (non-hydrogen) atoms. The summed E-state index contributed by atoms with van der Waals surface area (Å²) >= 11 is 6.15. The highest BCUT2D eigenvalue weighted by molar-refractivity contribution is 6.31. The van der Waals surface area contributed by atoms with Crippen molar-refractivity contribution in [1.82, 2.24) is 55.6 Å². The Kier molecular flexibility index (Phi) is 29.0. The summed E-state index contributed by atoms with van der Waals surface area (Å²) in [5.74, 6) is -7.69. The van der Waals surface area contributed by atoms with E-state index >= 15 is 14.4 Å². The summed E-state index contributed by atoms with van der Waals surface area (Å²) in [7, 11) is 8.55. The lowest BCUT2D eigenvalue weighted by Gasteiger charge is -2.38. The van der Waals surface area contributed by atoms with Gasteiger partial charge in [-0.05, 0) is 100 Å². The van der Waals surface area contributed by atoms with Gasteiger partial charge in [0.1, 0.15) is 41.8 Å². The number of carbonyl (C=O) groups excluding carboxylic acids is 11. The van der Waals surface area contributed by atoms with Crippen LogP contribution in [-0.2, 0) is 70.1 Å². The molecule has 11 amide bonds. The number of benzene rings is 1. The molecule has 23 nitrogen and oxygen atoms in total. The summed E-state index contributed by atoms with van der Waals surface area (Å²) in [6.07, 6.45) is 0.720. The molecule has 4 aliphatic rings. The first-order chi connectivity index (χ1) is 44.0. The fourth-order valence-corrected chi connectivity index (χ4v) is 13.7. The number of hydrogen-bond acceptors (Lipinski definition) is 12. The van der Waals surface area contributed by atoms with Gasteiger partial charge in [-0.25, -0.2) is 0 Å². The highest BCUT2D eigenvalue weighted by atomic mass is 35.5. The van der Waals surface area contributed by atoms with Crippen molar-refractivity contribution in [3.05, 3.63) is 34.3 Å². The normalized spacial score (nSPS) is 26.5. The monoisotopic (exact) mass is 1350 g/mol. The molecule has 4 fully saturated rings. The summed E-state index contributed by atoms with van der Waals surface area (Å²) in [5, 5.41) is 11.0. The Morgan fingerprint density at radius 1 is 0.660 bits per heavy atom. The zero-order chi connectivity index (χ0) is 70.3. The number of likely N-dealkylation sites (N-methyl/N-ethyl adjacent to an activating group) is 6. The van der Waals surface area contributed by atoms with Crippen molar-refractivity contribution in [3.8, 4) is 0 Å². The van der Waals surface area contributed by atoms with Crippen molar-refractivity contribution in [2.75, 3.05) is 75.1 Å². The first kappa shape index (κ1) is 78.1. The molecular formula is C67H105ClF3N11O12. The van der Waals surface area contributed by atoms with Crippen LogP contribution in [-0.4, -0.2) is 228 Å². The van der Waals surface area contributed by atoms with Crippen molar-refractivity contribution < 1.29 is 70.6 Å². The van der Waals surface area contributed by atoms with Crippen LogP contribution in [0.15, 0.2) is 18.2 Å². The fraction of sp³-hybridized carbons (Fsp3) is 0.746. The van der Waals surface area contributed by atoms with Gasteiger partial charge in [0.2, 0.25) is 65.0 Å². The number of rotatable bonds is 13. The van der Waals surface area contributed by atoms with E-state index in [1.54, 1.807) is 20.8 Å². The van der Waals surface area contributed by atoms with Gasteiger partial charge in [0.05, 0.1) is 36.3 Å². The van der Waals surface area contributed by atoms with E-state index in [4.69, 9.17) is 16.3 Å². The van der Waals surface area contributed by atoms with E-state index in [1.807, 2.05) is 34.6 Å². The van der Waals surface area contributed by atoms with Gasteiger partial charge < -0.3 is 60.3 Å². The summed E-state index contributed by atoms with van der Waals surface area (Å²) in [5.41, 5.74) is -2.33. The molecule has 2 aliphatic carbocycles. The van der Waals surface area contributed by atoms with Crippen molar-refractivity contribution >= 4 is 76.6 Å². The number of halogens is 4. The van der Waals surface area contributed by atoms with E-state index in [9.17, 15) is 51.5 Å². The molecule has 4 N–H and O–H groups in total.